The van der Waals surface area contributed by atoms with Crippen LogP contribution in [0.3, 0.4) is 0 Å². The summed E-state index contributed by atoms with van der Waals surface area (Å²) in [5.41, 5.74) is 0.103. The first-order valence-electron chi connectivity index (χ1n) is 9.61. The number of nitrogens with one attached hydrogen (secondary N) is 1. The van der Waals surface area contributed by atoms with E-state index in [-0.39, 0.29) is 38.4 Å². The molecule has 1 aliphatic rings. The molecule has 0 unspecified atom stereocenters. The van der Waals surface area contributed by atoms with Gasteiger partial charge in [0.2, 0.25) is 0 Å². The average molecular weight is 486 g/mol. The maximum absolute atomic E-state index is 13.2. The molecule has 11 heteroatoms. The summed E-state index contributed by atoms with van der Waals surface area (Å²) in [5.74, 6) is 5.90. The lowest BCUT2D eigenvalue weighted by Crippen LogP contribution is -2.14. The van der Waals surface area contributed by atoms with Gasteiger partial charge in [-0.1, -0.05) is 34.8 Å². The number of carbonyl (C=O) groups excluding carboxylic acids is 1. The van der Waals surface area contributed by atoms with Gasteiger partial charge in [0.1, 0.15) is 27.5 Å². The van der Waals surface area contributed by atoms with E-state index in [4.69, 9.17) is 16.3 Å². The zero-order valence-corrected chi connectivity index (χ0v) is 18.6. The predicted octanol–water partition coefficient (Wildman–Crippen LogP) is 5.09. The molecule has 1 amide bonds. The van der Waals surface area contributed by atoms with Crippen molar-refractivity contribution < 1.29 is 18.3 Å². The van der Waals surface area contributed by atoms with Crippen molar-refractivity contribution in [2.24, 2.45) is 5.92 Å². The smallest absolute Gasteiger partial charge is 0.280 e. The van der Waals surface area contributed by atoms with Gasteiger partial charge >= 0.3 is 0 Å². The molecule has 3 heterocycles. The number of hydrogen-bond donors (Lipinski definition) is 1. The van der Waals surface area contributed by atoms with Gasteiger partial charge in [-0.15, -0.1) is 0 Å². The molecule has 3 aromatic heterocycles. The maximum atomic E-state index is 13.2. The van der Waals surface area contributed by atoms with Crippen molar-refractivity contribution in [1.29, 1.82) is 5.26 Å². The lowest BCUT2D eigenvalue weighted by molar-refractivity contribution is 0.102. The van der Waals surface area contributed by atoms with Gasteiger partial charge in [0.05, 0.1) is 18.9 Å². The standard InChI is InChI=1S/C22H14ClF2N5O2S/c1-32-17-10-27-15(20(24)25)6-13(17)12-7-19(23)28-9-14(12)21(31)30-22-29-16(8-26)18(33-22)5-4-11-2-3-11/h6-7,9-11,20H,2-3H2,1H3,(H,29,30,31). The third-order valence-corrected chi connectivity index (χ3v) is 5.75. The van der Waals surface area contributed by atoms with Crippen molar-refractivity contribution >= 4 is 34.0 Å². The Balaban J connectivity index is 1.70. The van der Waals surface area contributed by atoms with E-state index >= 15 is 0 Å². The molecule has 0 aromatic carbocycles. The molecule has 0 bridgehead atoms. The van der Waals surface area contributed by atoms with Crippen molar-refractivity contribution in [3.05, 3.63) is 51.5 Å². The summed E-state index contributed by atoms with van der Waals surface area (Å²) in [6.07, 6.45) is 1.63. The number of thiazole rings is 1. The van der Waals surface area contributed by atoms with Gasteiger partial charge in [0.25, 0.3) is 12.3 Å². The van der Waals surface area contributed by atoms with Crippen molar-refractivity contribution in [3.8, 4) is 34.8 Å². The molecular formula is C22H14ClF2N5O2S. The molecule has 166 valence electrons. The molecule has 0 spiro atoms. The van der Waals surface area contributed by atoms with Gasteiger partial charge in [-0.05, 0) is 25.0 Å². The SMILES string of the molecule is COc1cnc(C(F)F)cc1-c1cc(Cl)ncc1C(=O)Nc1nc(C#N)c(C#CC2CC2)s1. The minimum atomic E-state index is -2.82. The number of halogens is 3. The van der Waals surface area contributed by atoms with Crippen LogP contribution in [0.1, 0.15) is 45.9 Å². The number of hydrogen-bond acceptors (Lipinski definition) is 7. The van der Waals surface area contributed by atoms with E-state index in [9.17, 15) is 18.8 Å². The highest BCUT2D eigenvalue weighted by atomic mass is 35.5. The largest absolute Gasteiger partial charge is 0.494 e. The first kappa shape index (κ1) is 22.6. The predicted molar refractivity (Wildman–Crippen MR) is 118 cm³/mol. The fourth-order valence-corrected chi connectivity index (χ4v) is 3.81. The number of alkyl halides is 2. The second-order valence-electron chi connectivity index (χ2n) is 6.97. The molecule has 1 saturated carbocycles. The zero-order chi connectivity index (χ0) is 23.5. The summed E-state index contributed by atoms with van der Waals surface area (Å²) in [6.45, 7) is 0. The van der Waals surface area contributed by atoms with Crippen LogP contribution in [-0.2, 0) is 0 Å². The van der Waals surface area contributed by atoms with Crippen LogP contribution in [0.4, 0.5) is 13.9 Å². The molecule has 0 aliphatic heterocycles. The summed E-state index contributed by atoms with van der Waals surface area (Å²) < 4.78 is 31.7. The van der Waals surface area contributed by atoms with Gasteiger partial charge in [-0.3, -0.25) is 15.1 Å². The number of pyridine rings is 2. The number of rotatable bonds is 5. The van der Waals surface area contributed by atoms with Crippen molar-refractivity contribution in [2.45, 2.75) is 19.3 Å². The minimum absolute atomic E-state index is 0.0449. The van der Waals surface area contributed by atoms with Gasteiger partial charge in [0, 0.05) is 23.2 Å². The van der Waals surface area contributed by atoms with Crippen molar-refractivity contribution in [3.63, 3.8) is 0 Å². The van der Waals surface area contributed by atoms with Gasteiger partial charge < -0.3 is 4.74 Å². The van der Waals surface area contributed by atoms with E-state index in [0.717, 1.165) is 36.4 Å². The molecule has 1 aliphatic carbocycles. The number of carbonyl (C=O) groups is 1. The molecule has 4 rings (SSSR count). The van der Waals surface area contributed by atoms with Gasteiger partial charge in [-0.2, -0.15) is 5.26 Å². The Bertz CT molecular complexity index is 1340. The average Bonchev–Trinajstić information content (AvgIpc) is 3.56. The number of nitriles is 1. The summed E-state index contributed by atoms with van der Waals surface area (Å²) in [5, 5.41) is 12.2. The Morgan fingerprint density at radius 3 is 2.76 bits per heavy atom. The Hall–Kier alpha value is -3.60. The normalized spacial score (nSPS) is 12.6. The molecule has 7 nitrogen and oxygen atoms in total. The number of nitrogens with zero attached hydrogens (tertiary/aromatic N) is 4. The van der Waals surface area contributed by atoms with E-state index < -0.39 is 18.0 Å². The second-order valence-corrected chi connectivity index (χ2v) is 8.36. The Kier molecular flexibility index (Phi) is 6.50. The van der Waals surface area contributed by atoms with E-state index in [1.165, 1.54) is 19.4 Å². The highest BCUT2D eigenvalue weighted by Gasteiger charge is 2.22. The fourth-order valence-electron chi connectivity index (χ4n) is 2.88. The molecule has 0 atom stereocenters. The van der Waals surface area contributed by atoms with Crippen LogP contribution >= 0.6 is 22.9 Å². The van der Waals surface area contributed by atoms with Crippen LogP contribution in [-0.4, -0.2) is 28.0 Å². The van der Waals surface area contributed by atoms with Crippen molar-refractivity contribution in [2.75, 3.05) is 12.4 Å². The fraction of sp³-hybridized carbons (Fsp3) is 0.227. The Morgan fingerprint density at radius 2 is 2.09 bits per heavy atom. The Labute approximate surface area is 196 Å². The molecule has 1 fully saturated rings. The monoisotopic (exact) mass is 485 g/mol. The van der Waals surface area contributed by atoms with E-state index in [1.54, 1.807) is 0 Å². The first-order valence-corrected chi connectivity index (χ1v) is 10.8. The number of aromatic nitrogens is 3. The van der Waals surface area contributed by atoms with Crippen LogP contribution in [0.15, 0.2) is 24.5 Å². The van der Waals surface area contributed by atoms with E-state index in [1.807, 2.05) is 6.07 Å². The maximum Gasteiger partial charge on any atom is 0.280 e. The topological polar surface area (TPSA) is 101 Å². The lowest BCUT2D eigenvalue weighted by atomic mass is 10.0. The molecule has 0 saturated heterocycles. The summed E-state index contributed by atoms with van der Waals surface area (Å²) in [4.78, 5) is 25.3. The van der Waals surface area contributed by atoms with Crippen LogP contribution in [0.5, 0.6) is 5.75 Å². The summed E-state index contributed by atoms with van der Waals surface area (Å²) >= 11 is 7.10. The van der Waals surface area contributed by atoms with Crippen molar-refractivity contribution in [1.82, 2.24) is 15.0 Å². The van der Waals surface area contributed by atoms with Gasteiger partial charge in [0.15, 0.2) is 10.8 Å². The minimum Gasteiger partial charge on any atom is -0.494 e. The highest BCUT2D eigenvalue weighted by molar-refractivity contribution is 7.16. The number of ether oxygens (including phenoxy) is 1. The summed E-state index contributed by atoms with van der Waals surface area (Å²) in [6, 6.07) is 4.48. The van der Waals surface area contributed by atoms with Crippen LogP contribution in [0.25, 0.3) is 11.1 Å². The lowest BCUT2D eigenvalue weighted by Gasteiger charge is -2.14. The molecular weight excluding hydrogens is 472 g/mol. The highest BCUT2D eigenvalue weighted by Crippen LogP contribution is 2.36. The molecule has 33 heavy (non-hydrogen) atoms. The van der Waals surface area contributed by atoms with Crippen LogP contribution < -0.4 is 10.1 Å². The number of methoxy groups -OCH3 is 1. The molecule has 0 radical (unpaired) electrons. The van der Waals surface area contributed by atoms with E-state index in [0.29, 0.717) is 10.8 Å². The third kappa shape index (κ3) is 5.08. The number of amides is 1. The summed E-state index contributed by atoms with van der Waals surface area (Å²) in [7, 11) is 1.36. The third-order valence-electron chi connectivity index (χ3n) is 4.66. The number of anilines is 1. The quantitative estimate of drug-likeness (QED) is 0.399. The molecule has 1 N–H and O–H groups in total. The van der Waals surface area contributed by atoms with Gasteiger partial charge in [-0.25, -0.2) is 18.7 Å². The Morgan fingerprint density at radius 1 is 1.30 bits per heavy atom. The first-order chi connectivity index (χ1) is 15.9. The molecule has 3 aromatic rings. The second kappa shape index (κ2) is 9.49. The zero-order valence-electron chi connectivity index (χ0n) is 17.0. The van der Waals surface area contributed by atoms with Crippen LogP contribution in [0.2, 0.25) is 5.15 Å². The van der Waals surface area contributed by atoms with E-state index in [2.05, 4.69) is 32.1 Å². The van der Waals surface area contributed by atoms with Crippen LogP contribution in [0, 0.1) is 29.1 Å².